The summed E-state index contributed by atoms with van der Waals surface area (Å²) in [5.74, 6) is 2.39. The van der Waals surface area contributed by atoms with Crippen molar-refractivity contribution in [2.75, 3.05) is 18.6 Å². The summed E-state index contributed by atoms with van der Waals surface area (Å²) in [4.78, 5) is 0. The van der Waals surface area contributed by atoms with Crippen molar-refractivity contribution in [3.8, 4) is 5.75 Å². The lowest BCUT2D eigenvalue weighted by molar-refractivity contribution is 0.203. The molecule has 0 bridgehead atoms. The molecule has 16 heavy (non-hydrogen) atoms. The van der Waals surface area contributed by atoms with Gasteiger partial charge in [-0.15, -0.1) is 0 Å². The first-order valence-corrected chi connectivity index (χ1v) is 6.81. The fourth-order valence-corrected chi connectivity index (χ4v) is 2.38. The molecule has 1 aromatic rings. The fourth-order valence-electron chi connectivity index (χ4n) is 1.32. The van der Waals surface area contributed by atoms with Crippen LogP contribution in [0.4, 0.5) is 0 Å². The first-order valence-electron chi connectivity index (χ1n) is 5.28. The lowest BCUT2D eigenvalue weighted by atomic mass is 10.1. The van der Waals surface area contributed by atoms with E-state index in [1.165, 1.54) is 0 Å². The van der Waals surface area contributed by atoms with E-state index in [1.54, 1.807) is 31.0 Å². The highest BCUT2D eigenvalue weighted by Gasteiger charge is 2.10. The van der Waals surface area contributed by atoms with Gasteiger partial charge in [-0.2, -0.15) is 11.8 Å². The second-order valence-corrected chi connectivity index (χ2v) is 5.04. The summed E-state index contributed by atoms with van der Waals surface area (Å²) >= 11 is 7.67. The largest absolute Gasteiger partial charge is 0.495 e. The smallest absolute Gasteiger partial charge is 0.137 e. The number of aliphatic hydroxyl groups is 1. The van der Waals surface area contributed by atoms with Gasteiger partial charge in [0.15, 0.2) is 0 Å². The highest BCUT2D eigenvalue weighted by Crippen LogP contribution is 2.28. The molecule has 0 aliphatic carbocycles. The van der Waals surface area contributed by atoms with E-state index >= 15 is 0 Å². The molecule has 1 rings (SSSR count). The predicted molar refractivity (Wildman–Crippen MR) is 70.6 cm³/mol. The third-order valence-corrected chi connectivity index (χ3v) is 3.74. The molecule has 0 fully saturated rings. The van der Waals surface area contributed by atoms with Gasteiger partial charge in [0.2, 0.25) is 0 Å². The Balaban J connectivity index is 2.64. The first-order chi connectivity index (χ1) is 7.69. The van der Waals surface area contributed by atoms with Crippen molar-refractivity contribution >= 4 is 23.4 Å². The van der Waals surface area contributed by atoms with Gasteiger partial charge in [0.1, 0.15) is 5.75 Å². The zero-order valence-corrected chi connectivity index (χ0v) is 11.1. The van der Waals surface area contributed by atoms with Crippen molar-refractivity contribution in [1.29, 1.82) is 0 Å². The molecule has 1 unspecified atom stereocenters. The van der Waals surface area contributed by atoms with Crippen molar-refractivity contribution in [1.82, 2.24) is 0 Å². The number of benzene rings is 1. The maximum absolute atomic E-state index is 9.94. The molecule has 0 radical (unpaired) electrons. The molecule has 0 saturated heterocycles. The Morgan fingerprint density at radius 3 is 2.88 bits per heavy atom. The van der Waals surface area contributed by atoms with E-state index in [-0.39, 0.29) is 0 Å². The quantitative estimate of drug-likeness (QED) is 0.794. The van der Waals surface area contributed by atoms with Crippen molar-refractivity contribution in [3.05, 3.63) is 28.8 Å². The van der Waals surface area contributed by atoms with Gasteiger partial charge in [-0.1, -0.05) is 24.6 Å². The summed E-state index contributed by atoms with van der Waals surface area (Å²) in [6, 6.07) is 5.38. The average Bonchev–Trinajstić information content (AvgIpc) is 2.30. The minimum atomic E-state index is -0.456. The number of rotatable bonds is 6. The van der Waals surface area contributed by atoms with Gasteiger partial charge in [-0.05, 0) is 29.9 Å². The maximum atomic E-state index is 9.94. The summed E-state index contributed by atoms with van der Waals surface area (Å²) in [6.07, 6.45) is 0.670. The van der Waals surface area contributed by atoms with Crippen LogP contribution in [0.3, 0.4) is 0 Å². The Hall–Kier alpha value is -0.380. The van der Waals surface area contributed by atoms with Crippen molar-refractivity contribution in [2.45, 2.75) is 19.4 Å². The van der Waals surface area contributed by atoms with Gasteiger partial charge in [-0.3, -0.25) is 0 Å². The third kappa shape index (κ3) is 3.89. The van der Waals surface area contributed by atoms with Crippen molar-refractivity contribution < 1.29 is 9.84 Å². The molecule has 1 N–H and O–H groups in total. The minimum Gasteiger partial charge on any atom is -0.495 e. The number of hydrogen-bond acceptors (Lipinski definition) is 3. The zero-order chi connectivity index (χ0) is 12.0. The fraction of sp³-hybridized carbons (Fsp3) is 0.500. The highest BCUT2D eigenvalue weighted by molar-refractivity contribution is 7.99. The number of aliphatic hydroxyl groups excluding tert-OH is 1. The van der Waals surface area contributed by atoms with Crippen LogP contribution < -0.4 is 4.74 Å². The lowest BCUT2D eigenvalue weighted by Gasteiger charge is -2.12. The molecule has 0 saturated carbocycles. The SMILES string of the molecule is CCCSCC(O)c1ccc(Cl)c(OC)c1. The van der Waals surface area contributed by atoms with E-state index in [2.05, 4.69) is 6.92 Å². The predicted octanol–water partition coefficient (Wildman–Crippen LogP) is 3.53. The van der Waals surface area contributed by atoms with Gasteiger partial charge < -0.3 is 9.84 Å². The van der Waals surface area contributed by atoms with Gasteiger partial charge in [0, 0.05) is 5.75 Å². The molecular weight excluding hydrogens is 244 g/mol. The second-order valence-electron chi connectivity index (χ2n) is 3.48. The number of ether oxygens (including phenoxy) is 1. The molecule has 2 nitrogen and oxygen atoms in total. The van der Waals surface area contributed by atoms with E-state index < -0.39 is 6.10 Å². The van der Waals surface area contributed by atoms with E-state index in [0.717, 1.165) is 17.7 Å². The molecule has 0 aliphatic rings. The first kappa shape index (κ1) is 13.7. The summed E-state index contributed by atoms with van der Waals surface area (Å²) in [5, 5.41) is 10.5. The summed E-state index contributed by atoms with van der Waals surface area (Å²) < 4.78 is 5.11. The monoisotopic (exact) mass is 260 g/mol. The van der Waals surface area contributed by atoms with Gasteiger partial charge in [-0.25, -0.2) is 0 Å². The average molecular weight is 261 g/mol. The van der Waals surface area contributed by atoms with Crippen LogP contribution in [0.5, 0.6) is 5.75 Å². The number of halogens is 1. The lowest BCUT2D eigenvalue weighted by Crippen LogP contribution is -2.01. The third-order valence-electron chi connectivity index (χ3n) is 2.18. The second kappa shape index (κ2) is 7.05. The minimum absolute atomic E-state index is 0.456. The molecule has 0 aromatic heterocycles. The van der Waals surface area contributed by atoms with Crippen LogP contribution in [-0.2, 0) is 0 Å². The van der Waals surface area contributed by atoms with E-state index in [1.807, 2.05) is 6.07 Å². The Morgan fingerprint density at radius 1 is 1.50 bits per heavy atom. The molecule has 0 amide bonds. The van der Waals surface area contributed by atoms with Crippen LogP contribution in [0.15, 0.2) is 18.2 Å². The Labute approximate surface area is 106 Å². The molecule has 0 spiro atoms. The van der Waals surface area contributed by atoms with Crippen LogP contribution in [0.1, 0.15) is 25.0 Å². The normalized spacial score (nSPS) is 12.5. The van der Waals surface area contributed by atoms with Crippen molar-refractivity contribution in [3.63, 3.8) is 0 Å². The molecule has 0 aliphatic heterocycles. The zero-order valence-electron chi connectivity index (χ0n) is 9.57. The van der Waals surface area contributed by atoms with Gasteiger partial charge >= 0.3 is 0 Å². The molecule has 1 atom stereocenters. The van der Waals surface area contributed by atoms with E-state index in [4.69, 9.17) is 16.3 Å². The van der Waals surface area contributed by atoms with Crippen LogP contribution in [0.25, 0.3) is 0 Å². The molecule has 90 valence electrons. The Morgan fingerprint density at radius 2 is 2.25 bits per heavy atom. The van der Waals surface area contributed by atoms with Gasteiger partial charge in [0.25, 0.3) is 0 Å². The van der Waals surface area contributed by atoms with E-state index in [0.29, 0.717) is 16.5 Å². The van der Waals surface area contributed by atoms with Crippen LogP contribution in [0.2, 0.25) is 5.02 Å². The van der Waals surface area contributed by atoms with Crippen LogP contribution in [0, 0.1) is 0 Å². The molecule has 1 aromatic carbocycles. The topological polar surface area (TPSA) is 29.5 Å². The molecule has 4 heteroatoms. The summed E-state index contributed by atoms with van der Waals surface area (Å²) in [6.45, 7) is 2.13. The van der Waals surface area contributed by atoms with Crippen molar-refractivity contribution in [2.24, 2.45) is 0 Å². The van der Waals surface area contributed by atoms with Crippen LogP contribution >= 0.6 is 23.4 Å². The van der Waals surface area contributed by atoms with Gasteiger partial charge in [0.05, 0.1) is 18.2 Å². The van der Waals surface area contributed by atoms with E-state index in [9.17, 15) is 5.11 Å². The summed E-state index contributed by atoms with van der Waals surface area (Å²) in [5.41, 5.74) is 0.852. The Kier molecular flexibility index (Phi) is 6.03. The van der Waals surface area contributed by atoms with Crippen LogP contribution in [-0.4, -0.2) is 23.7 Å². The summed E-state index contributed by atoms with van der Waals surface area (Å²) in [7, 11) is 1.57. The Bertz CT molecular complexity index is 331. The molecule has 0 heterocycles. The number of thioether (sulfide) groups is 1. The standard InChI is InChI=1S/C12H17ClO2S/c1-3-6-16-8-11(14)9-4-5-10(13)12(7-9)15-2/h4-5,7,11,14H,3,6,8H2,1-2H3. The maximum Gasteiger partial charge on any atom is 0.137 e. The number of methoxy groups -OCH3 is 1. The molecular formula is C12H17ClO2S. The highest BCUT2D eigenvalue weighted by atomic mass is 35.5. The number of hydrogen-bond donors (Lipinski definition) is 1.